The summed E-state index contributed by atoms with van der Waals surface area (Å²) in [6.07, 6.45) is 4.00. The average Bonchev–Trinajstić information content (AvgIpc) is 3.43. The molecule has 7 heteroatoms. The fraction of sp³-hybridized carbons (Fsp3) is 0.167. The molecule has 0 unspecified atom stereocenters. The molecule has 1 amide bonds. The van der Waals surface area contributed by atoms with Gasteiger partial charge in [0.2, 0.25) is 0 Å². The van der Waals surface area contributed by atoms with Crippen LogP contribution in [-0.4, -0.2) is 25.2 Å². The number of aryl methyl sites for hydroxylation is 2. The maximum absolute atomic E-state index is 13.1. The highest BCUT2D eigenvalue weighted by Crippen LogP contribution is 2.33. The van der Waals surface area contributed by atoms with Crippen molar-refractivity contribution in [3.05, 3.63) is 98.9 Å². The lowest BCUT2D eigenvalue weighted by Gasteiger charge is -2.19. The third-order valence-corrected chi connectivity index (χ3v) is 6.16. The Kier molecular flexibility index (Phi) is 4.88. The minimum atomic E-state index is -0.129. The van der Waals surface area contributed by atoms with Gasteiger partial charge in [-0.3, -0.25) is 4.79 Å². The number of amides is 1. The van der Waals surface area contributed by atoms with Crippen LogP contribution in [-0.2, 0) is 13.1 Å². The molecule has 3 heterocycles. The van der Waals surface area contributed by atoms with Gasteiger partial charge in [0, 0.05) is 23.0 Å². The first-order valence-electron chi connectivity index (χ1n) is 9.98. The van der Waals surface area contributed by atoms with Crippen molar-refractivity contribution in [3.63, 3.8) is 0 Å². The molecule has 0 radical (unpaired) electrons. The predicted octanol–water partition coefficient (Wildman–Crippen LogP) is 5.74. The molecule has 5 rings (SSSR count). The van der Waals surface area contributed by atoms with Gasteiger partial charge >= 0.3 is 0 Å². The molecule has 1 aliphatic rings. The Morgan fingerprint density at radius 3 is 2.48 bits per heavy atom. The van der Waals surface area contributed by atoms with Crippen LogP contribution in [0.3, 0.4) is 0 Å². The zero-order valence-electron chi connectivity index (χ0n) is 17.1. The molecule has 0 fully saturated rings. The number of hydrogen-bond acceptors (Lipinski definition) is 2. The highest BCUT2D eigenvalue weighted by molar-refractivity contribution is 6.36. The SMILES string of the molecule is Cc1ccc(-n2nc3c(c2-n2cccc2)CN(C(=O)c2ccc(Cl)cc2Cl)C3)c(C)c1. The van der Waals surface area contributed by atoms with Crippen LogP contribution in [0.25, 0.3) is 11.5 Å². The molecule has 0 atom stereocenters. The van der Waals surface area contributed by atoms with Crippen molar-refractivity contribution in [2.45, 2.75) is 26.9 Å². The van der Waals surface area contributed by atoms with Crippen LogP contribution < -0.4 is 0 Å². The van der Waals surface area contributed by atoms with Crippen molar-refractivity contribution < 1.29 is 4.79 Å². The van der Waals surface area contributed by atoms with Crippen LogP contribution in [0.4, 0.5) is 0 Å². The first-order valence-corrected chi connectivity index (χ1v) is 10.7. The number of benzene rings is 2. The molecule has 5 nitrogen and oxygen atoms in total. The molecule has 0 N–H and O–H groups in total. The number of hydrogen-bond donors (Lipinski definition) is 0. The molecule has 2 aromatic carbocycles. The first-order chi connectivity index (χ1) is 14.9. The third kappa shape index (κ3) is 3.44. The molecule has 0 saturated heterocycles. The van der Waals surface area contributed by atoms with Crippen molar-refractivity contribution in [2.75, 3.05) is 0 Å². The Balaban J connectivity index is 1.56. The summed E-state index contributed by atoms with van der Waals surface area (Å²) in [6, 6.07) is 15.3. The van der Waals surface area contributed by atoms with Gasteiger partial charge < -0.3 is 9.47 Å². The van der Waals surface area contributed by atoms with Crippen molar-refractivity contribution >= 4 is 29.1 Å². The summed E-state index contributed by atoms with van der Waals surface area (Å²) < 4.78 is 4.03. The van der Waals surface area contributed by atoms with Crippen LogP contribution in [0.15, 0.2) is 60.9 Å². The molecule has 4 aromatic rings. The van der Waals surface area contributed by atoms with Crippen molar-refractivity contribution in [2.24, 2.45) is 0 Å². The number of nitrogens with zero attached hydrogens (tertiary/aromatic N) is 4. The second kappa shape index (κ2) is 7.59. The summed E-state index contributed by atoms with van der Waals surface area (Å²) in [4.78, 5) is 14.9. The van der Waals surface area contributed by atoms with E-state index in [2.05, 4.69) is 32.0 Å². The smallest absolute Gasteiger partial charge is 0.256 e. The molecular weight excluding hydrogens is 431 g/mol. The van der Waals surface area contributed by atoms with E-state index in [1.807, 2.05) is 33.8 Å². The highest BCUT2D eigenvalue weighted by atomic mass is 35.5. The Hall–Kier alpha value is -3.02. The lowest BCUT2D eigenvalue weighted by atomic mass is 10.1. The Morgan fingerprint density at radius 1 is 1.00 bits per heavy atom. The lowest BCUT2D eigenvalue weighted by Crippen LogP contribution is -2.26. The van der Waals surface area contributed by atoms with Gasteiger partial charge in [0.15, 0.2) is 0 Å². The van der Waals surface area contributed by atoms with E-state index in [4.69, 9.17) is 28.3 Å². The van der Waals surface area contributed by atoms with Gasteiger partial charge in [-0.2, -0.15) is 5.10 Å². The van der Waals surface area contributed by atoms with Gasteiger partial charge in [-0.1, -0.05) is 40.9 Å². The van der Waals surface area contributed by atoms with E-state index < -0.39 is 0 Å². The molecular formula is C24H20Cl2N4O. The summed E-state index contributed by atoms with van der Waals surface area (Å²) in [5.74, 6) is 0.820. The minimum Gasteiger partial charge on any atom is -0.328 e. The maximum Gasteiger partial charge on any atom is 0.256 e. The molecule has 2 aromatic heterocycles. The molecule has 0 saturated carbocycles. The third-order valence-electron chi connectivity index (χ3n) is 5.61. The van der Waals surface area contributed by atoms with Gasteiger partial charge in [-0.05, 0) is 55.8 Å². The van der Waals surface area contributed by atoms with Gasteiger partial charge in [-0.15, -0.1) is 0 Å². The summed E-state index contributed by atoms with van der Waals surface area (Å²) in [7, 11) is 0. The van der Waals surface area contributed by atoms with E-state index in [1.54, 1.807) is 23.1 Å². The number of carbonyl (C=O) groups is 1. The summed E-state index contributed by atoms with van der Waals surface area (Å²) in [5.41, 5.74) is 5.76. The molecule has 0 spiro atoms. The lowest BCUT2D eigenvalue weighted by molar-refractivity contribution is 0.0749. The number of halogens is 2. The van der Waals surface area contributed by atoms with E-state index >= 15 is 0 Å². The first kappa shape index (κ1) is 19.9. The molecule has 1 aliphatic heterocycles. The second-order valence-corrected chi connectivity index (χ2v) is 8.67. The second-order valence-electron chi connectivity index (χ2n) is 7.83. The monoisotopic (exact) mass is 450 g/mol. The normalized spacial score (nSPS) is 13.0. The summed E-state index contributed by atoms with van der Waals surface area (Å²) in [6.45, 7) is 5.07. The van der Waals surface area contributed by atoms with Crippen LogP contribution in [0, 0.1) is 13.8 Å². The van der Waals surface area contributed by atoms with Crippen LogP contribution >= 0.6 is 23.2 Å². The predicted molar refractivity (Wildman–Crippen MR) is 122 cm³/mol. The number of aromatic nitrogens is 3. The summed E-state index contributed by atoms with van der Waals surface area (Å²) >= 11 is 12.3. The molecule has 0 bridgehead atoms. The van der Waals surface area contributed by atoms with E-state index in [0.29, 0.717) is 28.7 Å². The number of carbonyl (C=O) groups excluding carboxylic acids is 1. The van der Waals surface area contributed by atoms with Gasteiger partial charge in [-0.25, -0.2) is 4.68 Å². The minimum absolute atomic E-state index is 0.129. The number of fused-ring (bicyclic) bond motifs is 1. The van der Waals surface area contributed by atoms with Crippen molar-refractivity contribution in [3.8, 4) is 11.5 Å². The Labute approximate surface area is 190 Å². The van der Waals surface area contributed by atoms with Crippen LogP contribution in [0.1, 0.15) is 32.7 Å². The van der Waals surface area contributed by atoms with Gasteiger partial charge in [0.25, 0.3) is 5.91 Å². The summed E-state index contributed by atoms with van der Waals surface area (Å²) in [5, 5.41) is 5.78. The largest absolute Gasteiger partial charge is 0.328 e. The van der Waals surface area contributed by atoms with Crippen LogP contribution in [0.5, 0.6) is 0 Å². The Morgan fingerprint density at radius 2 is 1.77 bits per heavy atom. The van der Waals surface area contributed by atoms with E-state index in [-0.39, 0.29) is 5.91 Å². The molecule has 31 heavy (non-hydrogen) atoms. The van der Waals surface area contributed by atoms with E-state index in [1.165, 1.54) is 5.56 Å². The van der Waals surface area contributed by atoms with Crippen molar-refractivity contribution in [1.29, 1.82) is 0 Å². The molecule has 156 valence electrons. The number of rotatable bonds is 3. The fourth-order valence-corrected chi connectivity index (χ4v) is 4.62. The Bertz CT molecular complexity index is 1310. The standard InChI is InChI=1S/C24H20Cl2N4O/c1-15-5-8-22(16(2)11-15)30-23(28-9-3-4-10-28)19-13-29(14-21(19)27-30)24(31)18-7-6-17(25)12-20(18)26/h3-12H,13-14H2,1-2H3. The zero-order valence-corrected chi connectivity index (χ0v) is 18.7. The highest BCUT2D eigenvalue weighted by Gasteiger charge is 2.32. The van der Waals surface area contributed by atoms with E-state index in [0.717, 1.165) is 28.3 Å². The molecule has 0 aliphatic carbocycles. The van der Waals surface area contributed by atoms with Crippen LogP contribution in [0.2, 0.25) is 10.0 Å². The van der Waals surface area contributed by atoms with Gasteiger partial charge in [0.1, 0.15) is 5.82 Å². The van der Waals surface area contributed by atoms with Crippen molar-refractivity contribution in [1.82, 2.24) is 19.2 Å². The van der Waals surface area contributed by atoms with Gasteiger partial charge in [0.05, 0.1) is 35.1 Å². The van der Waals surface area contributed by atoms with E-state index in [9.17, 15) is 4.79 Å². The maximum atomic E-state index is 13.1. The fourth-order valence-electron chi connectivity index (χ4n) is 4.13. The quantitative estimate of drug-likeness (QED) is 0.399. The zero-order chi connectivity index (χ0) is 21.7. The topological polar surface area (TPSA) is 43.1 Å². The average molecular weight is 451 g/mol.